The number of hydrogen-bond acceptors (Lipinski definition) is 2. The predicted molar refractivity (Wildman–Crippen MR) is 38.0 cm³/mol. The van der Waals surface area contributed by atoms with Crippen LogP contribution in [0.15, 0.2) is 29.1 Å². The van der Waals surface area contributed by atoms with E-state index in [1.54, 1.807) is 18.6 Å². The first-order valence-electron chi connectivity index (χ1n) is 2.99. The summed E-state index contributed by atoms with van der Waals surface area (Å²) in [6.07, 6.45) is 7.34. The van der Waals surface area contributed by atoms with Gasteiger partial charge in [-0.1, -0.05) is 12.2 Å². The third-order valence-corrected chi connectivity index (χ3v) is 1.06. The standard InChI is InChI=1S/C8H7NO/c9-5-2-1-3-8-4-6-10-7-8/h1,3-4,6-7H,2H2. The van der Waals surface area contributed by atoms with Gasteiger partial charge in [0, 0.05) is 5.56 Å². The molecule has 0 fully saturated rings. The van der Waals surface area contributed by atoms with Crippen LogP contribution in [0.4, 0.5) is 0 Å². The van der Waals surface area contributed by atoms with E-state index < -0.39 is 0 Å². The lowest BCUT2D eigenvalue weighted by Crippen LogP contribution is -1.59. The smallest absolute Gasteiger partial charge is 0.0974 e. The summed E-state index contributed by atoms with van der Waals surface area (Å²) in [7, 11) is 0. The minimum Gasteiger partial charge on any atom is -0.472 e. The van der Waals surface area contributed by atoms with Crippen molar-refractivity contribution < 1.29 is 4.42 Å². The molecule has 0 aliphatic rings. The lowest BCUT2D eigenvalue weighted by Gasteiger charge is -1.76. The predicted octanol–water partition coefficient (Wildman–Crippen LogP) is 2.21. The van der Waals surface area contributed by atoms with E-state index in [0.717, 1.165) is 5.56 Å². The van der Waals surface area contributed by atoms with Crippen LogP contribution in [0.5, 0.6) is 0 Å². The summed E-state index contributed by atoms with van der Waals surface area (Å²) < 4.78 is 4.81. The zero-order valence-electron chi connectivity index (χ0n) is 5.45. The maximum absolute atomic E-state index is 8.17. The molecule has 50 valence electrons. The Bertz CT molecular complexity index is 241. The van der Waals surface area contributed by atoms with Crippen molar-refractivity contribution in [1.29, 1.82) is 5.26 Å². The fraction of sp³-hybridized carbons (Fsp3) is 0.125. The van der Waals surface area contributed by atoms with Crippen LogP contribution < -0.4 is 0 Å². The van der Waals surface area contributed by atoms with Crippen LogP contribution in [0, 0.1) is 11.3 Å². The number of furan rings is 1. The van der Waals surface area contributed by atoms with E-state index in [1.165, 1.54) is 0 Å². The minimum absolute atomic E-state index is 0.450. The molecular weight excluding hydrogens is 126 g/mol. The molecule has 1 heterocycles. The van der Waals surface area contributed by atoms with Gasteiger partial charge in [0.25, 0.3) is 0 Å². The van der Waals surface area contributed by atoms with Crippen molar-refractivity contribution in [3.05, 3.63) is 30.2 Å². The van der Waals surface area contributed by atoms with E-state index in [2.05, 4.69) is 0 Å². The molecule has 0 radical (unpaired) electrons. The normalized spacial score (nSPS) is 9.90. The Morgan fingerprint density at radius 3 is 3.20 bits per heavy atom. The molecule has 0 aliphatic carbocycles. The Balaban J connectivity index is 2.49. The molecule has 1 aromatic heterocycles. The van der Waals surface area contributed by atoms with E-state index in [1.807, 2.05) is 18.2 Å². The van der Waals surface area contributed by atoms with E-state index in [-0.39, 0.29) is 0 Å². The summed E-state index contributed by atoms with van der Waals surface area (Å²) >= 11 is 0. The largest absolute Gasteiger partial charge is 0.472 e. The molecule has 1 rings (SSSR count). The fourth-order valence-electron chi connectivity index (χ4n) is 0.618. The molecule has 0 spiro atoms. The molecule has 0 N–H and O–H groups in total. The van der Waals surface area contributed by atoms with Crippen LogP contribution in [0.25, 0.3) is 6.08 Å². The lowest BCUT2D eigenvalue weighted by atomic mass is 10.3. The Labute approximate surface area is 59.4 Å². The SMILES string of the molecule is N#CCC=Cc1ccoc1. The molecule has 1 aromatic rings. The first-order valence-corrected chi connectivity index (χ1v) is 2.99. The second-order valence-corrected chi connectivity index (χ2v) is 1.82. The molecule has 0 amide bonds. The van der Waals surface area contributed by atoms with Gasteiger partial charge in [0.05, 0.1) is 25.0 Å². The zero-order valence-corrected chi connectivity index (χ0v) is 5.45. The van der Waals surface area contributed by atoms with E-state index >= 15 is 0 Å². The van der Waals surface area contributed by atoms with Crippen molar-refractivity contribution in [3.63, 3.8) is 0 Å². The summed E-state index contributed by atoms with van der Waals surface area (Å²) in [6.45, 7) is 0. The molecule has 2 heteroatoms. The second-order valence-electron chi connectivity index (χ2n) is 1.82. The number of nitrogens with zero attached hydrogens (tertiary/aromatic N) is 1. The summed E-state index contributed by atoms with van der Waals surface area (Å²) in [4.78, 5) is 0. The quantitative estimate of drug-likeness (QED) is 0.620. The average Bonchev–Trinajstić information content (AvgIpc) is 2.41. The Morgan fingerprint density at radius 1 is 1.70 bits per heavy atom. The molecule has 10 heavy (non-hydrogen) atoms. The third-order valence-electron chi connectivity index (χ3n) is 1.06. The molecule has 0 saturated carbocycles. The zero-order chi connectivity index (χ0) is 7.23. The highest BCUT2D eigenvalue weighted by molar-refractivity contribution is 5.47. The summed E-state index contributed by atoms with van der Waals surface area (Å²) in [5.41, 5.74) is 0.996. The Morgan fingerprint density at radius 2 is 2.60 bits per heavy atom. The number of hydrogen-bond donors (Lipinski definition) is 0. The highest BCUT2D eigenvalue weighted by atomic mass is 16.3. The average molecular weight is 133 g/mol. The van der Waals surface area contributed by atoms with Crippen LogP contribution in [0.1, 0.15) is 12.0 Å². The number of rotatable bonds is 2. The maximum atomic E-state index is 8.17. The molecule has 0 aromatic carbocycles. The minimum atomic E-state index is 0.450. The van der Waals surface area contributed by atoms with Crippen LogP contribution in [-0.4, -0.2) is 0 Å². The van der Waals surface area contributed by atoms with Gasteiger partial charge in [-0.2, -0.15) is 5.26 Å². The highest BCUT2D eigenvalue weighted by Crippen LogP contribution is 2.02. The van der Waals surface area contributed by atoms with Gasteiger partial charge >= 0.3 is 0 Å². The lowest BCUT2D eigenvalue weighted by molar-refractivity contribution is 0.567. The molecule has 0 atom stereocenters. The van der Waals surface area contributed by atoms with Gasteiger partial charge in [-0.15, -0.1) is 0 Å². The van der Waals surface area contributed by atoms with Gasteiger partial charge in [-0.05, 0) is 6.07 Å². The Kier molecular flexibility index (Phi) is 2.33. The van der Waals surface area contributed by atoms with E-state index in [4.69, 9.17) is 9.68 Å². The van der Waals surface area contributed by atoms with E-state index in [9.17, 15) is 0 Å². The second kappa shape index (κ2) is 3.52. The third kappa shape index (κ3) is 1.79. The van der Waals surface area contributed by atoms with Gasteiger partial charge in [-0.25, -0.2) is 0 Å². The van der Waals surface area contributed by atoms with Crippen molar-refractivity contribution in [1.82, 2.24) is 0 Å². The first-order chi connectivity index (χ1) is 4.93. The van der Waals surface area contributed by atoms with Crippen molar-refractivity contribution in [2.45, 2.75) is 6.42 Å². The monoisotopic (exact) mass is 133 g/mol. The van der Waals surface area contributed by atoms with Gasteiger partial charge in [0.1, 0.15) is 0 Å². The van der Waals surface area contributed by atoms with Crippen molar-refractivity contribution in [2.75, 3.05) is 0 Å². The molecule has 0 bridgehead atoms. The molecule has 0 unspecified atom stereocenters. The molecular formula is C8H7NO. The van der Waals surface area contributed by atoms with Crippen molar-refractivity contribution in [3.8, 4) is 6.07 Å². The number of nitriles is 1. The van der Waals surface area contributed by atoms with Crippen molar-refractivity contribution in [2.24, 2.45) is 0 Å². The van der Waals surface area contributed by atoms with Gasteiger partial charge < -0.3 is 4.42 Å². The summed E-state index contributed by atoms with van der Waals surface area (Å²) in [5.74, 6) is 0. The van der Waals surface area contributed by atoms with Crippen LogP contribution >= 0.6 is 0 Å². The highest BCUT2D eigenvalue weighted by Gasteiger charge is 1.83. The van der Waals surface area contributed by atoms with Crippen molar-refractivity contribution >= 4 is 6.08 Å². The van der Waals surface area contributed by atoms with Gasteiger partial charge in [0.15, 0.2) is 0 Å². The van der Waals surface area contributed by atoms with Gasteiger partial charge in [0.2, 0.25) is 0 Å². The maximum Gasteiger partial charge on any atom is 0.0974 e. The molecule has 0 saturated heterocycles. The van der Waals surface area contributed by atoms with Gasteiger partial charge in [-0.3, -0.25) is 0 Å². The molecule has 0 aliphatic heterocycles. The summed E-state index contributed by atoms with van der Waals surface area (Å²) in [5, 5.41) is 8.17. The van der Waals surface area contributed by atoms with E-state index in [0.29, 0.717) is 6.42 Å². The number of allylic oxidation sites excluding steroid dienone is 1. The Hall–Kier alpha value is -1.49. The molecule has 2 nitrogen and oxygen atoms in total. The topological polar surface area (TPSA) is 36.9 Å². The van der Waals surface area contributed by atoms with Crippen LogP contribution in [0.3, 0.4) is 0 Å². The summed E-state index contributed by atoms with van der Waals surface area (Å²) in [6, 6.07) is 3.85. The first kappa shape index (κ1) is 6.63. The van der Waals surface area contributed by atoms with Crippen LogP contribution in [-0.2, 0) is 0 Å². The van der Waals surface area contributed by atoms with Crippen LogP contribution in [0.2, 0.25) is 0 Å². The fourth-order valence-corrected chi connectivity index (χ4v) is 0.618.